The van der Waals surface area contributed by atoms with E-state index >= 15 is 0 Å². The zero-order valence-corrected chi connectivity index (χ0v) is 12.5. The molecule has 1 aromatic heterocycles. The number of nitrogens with one attached hydrogen (secondary N) is 1. The van der Waals surface area contributed by atoms with E-state index < -0.39 is 9.84 Å². The van der Waals surface area contributed by atoms with Crippen molar-refractivity contribution in [3.63, 3.8) is 0 Å². The summed E-state index contributed by atoms with van der Waals surface area (Å²) in [7, 11) is -1.45. The Kier molecular flexibility index (Phi) is 3.71. The smallest absolute Gasteiger partial charge is 0.177 e. The van der Waals surface area contributed by atoms with Crippen LogP contribution in [0, 0.1) is 6.92 Å². The highest BCUT2D eigenvalue weighted by Crippen LogP contribution is 2.27. The number of rotatable bonds is 4. The lowest BCUT2D eigenvalue weighted by Gasteiger charge is -2.12. The fourth-order valence-corrected chi connectivity index (χ4v) is 2.76. The Morgan fingerprint density at radius 1 is 1.40 bits per heavy atom. The quantitative estimate of drug-likeness (QED) is 0.830. The maximum atomic E-state index is 11.6. The Hall–Kier alpha value is -2.02. The van der Waals surface area contributed by atoms with Crippen molar-refractivity contribution in [3.8, 4) is 0 Å². The van der Waals surface area contributed by atoms with E-state index in [2.05, 4.69) is 10.4 Å². The van der Waals surface area contributed by atoms with Gasteiger partial charge in [-0.3, -0.25) is 4.68 Å². The summed E-state index contributed by atoms with van der Waals surface area (Å²) in [6, 6.07) is 4.94. The zero-order chi connectivity index (χ0) is 14.9. The molecule has 0 saturated carbocycles. The molecule has 1 aromatic carbocycles. The predicted octanol–water partition coefficient (Wildman–Crippen LogP) is 1.33. The van der Waals surface area contributed by atoms with E-state index in [1.165, 1.54) is 6.07 Å². The lowest BCUT2D eigenvalue weighted by molar-refractivity contribution is 0.602. The molecule has 1 heterocycles. The highest BCUT2D eigenvalue weighted by Gasteiger charge is 2.14. The first-order valence-electron chi connectivity index (χ1n) is 6.10. The minimum Gasteiger partial charge on any atom is -0.396 e. The van der Waals surface area contributed by atoms with Gasteiger partial charge in [-0.05, 0) is 19.1 Å². The van der Waals surface area contributed by atoms with Crippen molar-refractivity contribution in [2.75, 3.05) is 17.3 Å². The SMILES string of the molecule is Cc1c(CNc2cccc(S(C)(=O)=O)c2N)cnn1C. The Balaban J connectivity index is 2.25. The van der Waals surface area contributed by atoms with E-state index in [1.807, 2.05) is 14.0 Å². The summed E-state index contributed by atoms with van der Waals surface area (Å²) in [5.41, 5.74) is 8.86. The molecule has 0 amide bonds. The molecule has 0 unspecified atom stereocenters. The largest absolute Gasteiger partial charge is 0.396 e. The van der Waals surface area contributed by atoms with Gasteiger partial charge in [-0.25, -0.2) is 8.42 Å². The first-order valence-corrected chi connectivity index (χ1v) is 7.99. The number of anilines is 2. The Labute approximate surface area is 118 Å². The molecule has 2 rings (SSSR count). The van der Waals surface area contributed by atoms with E-state index in [9.17, 15) is 8.42 Å². The maximum Gasteiger partial charge on any atom is 0.177 e. The number of nitrogens with zero attached hydrogens (tertiary/aromatic N) is 2. The molecule has 0 spiro atoms. The highest BCUT2D eigenvalue weighted by atomic mass is 32.2. The molecule has 0 atom stereocenters. The van der Waals surface area contributed by atoms with Crippen LogP contribution in [0.2, 0.25) is 0 Å². The third-order valence-electron chi connectivity index (χ3n) is 3.27. The second kappa shape index (κ2) is 5.16. The van der Waals surface area contributed by atoms with Gasteiger partial charge in [0.25, 0.3) is 0 Å². The molecular weight excluding hydrogens is 276 g/mol. The molecule has 0 saturated heterocycles. The summed E-state index contributed by atoms with van der Waals surface area (Å²) in [5, 5.41) is 7.31. The lowest BCUT2D eigenvalue weighted by atomic mass is 10.2. The van der Waals surface area contributed by atoms with Gasteiger partial charge in [0, 0.05) is 31.1 Å². The minimum absolute atomic E-state index is 0.144. The molecule has 0 aliphatic carbocycles. The van der Waals surface area contributed by atoms with Gasteiger partial charge in [0.2, 0.25) is 0 Å². The van der Waals surface area contributed by atoms with Gasteiger partial charge in [0.1, 0.15) is 0 Å². The molecular formula is C13H18N4O2S. The van der Waals surface area contributed by atoms with Crippen LogP contribution in [0.1, 0.15) is 11.3 Å². The van der Waals surface area contributed by atoms with E-state index in [1.54, 1.807) is 23.0 Å². The van der Waals surface area contributed by atoms with Gasteiger partial charge in [0.05, 0.1) is 22.5 Å². The molecule has 3 N–H and O–H groups in total. The van der Waals surface area contributed by atoms with Crippen molar-refractivity contribution >= 4 is 21.2 Å². The number of aromatic nitrogens is 2. The van der Waals surface area contributed by atoms with Crippen LogP contribution in [0.15, 0.2) is 29.3 Å². The Bertz CT molecular complexity index is 735. The molecule has 0 bridgehead atoms. The van der Waals surface area contributed by atoms with Crippen molar-refractivity contribution in [3.05, 3.63) is 35.7 Å². The number of hydrogen-bond acceptors (Lipinski definition) is 5. The summed E-state index contributed by atoms with van der Waals surface area (Å²) in [6.45, 7) is 2.51. The molecule has 2 aromatic rings. The van der Waals surface area contributed by atoms with Gasteiger partial charge in [0.15, 0.2) is 9.84 Å². The van der Waals surface area contributed by atoms with Gasteiger partial charge in [-0.15, -0.1) is 0 Å². The van der Waals surface area contributed by atoms with Gasteiger partial charge < -0.3 is 11.1 Å². The van der Waals surface area contributed by atoms with E-state index in [0.717, 1.165) is 17.5 Å². The number of nitrogen functional groups attached to an aromatic ring is 1. The molecule has 6 nitrogen and oxygen atoms in total. The monoisotopic (exact) mass is 294 g/mol. The van der Waals surface area contributed by atoms with Crippen molar-refractivity contribution in [2.24, 2.45) is 7.05 Å². The van der Waals surface area contributed by atoms with Crippen LogP contribution in [0.4, 0.5) is 11.4 Å². The number of sulfone groups is 1. The fraction of sp³-hybridized carbons (Fsp3) is 0.308. The van der Waals surface area contributed by atoms with E-state index in [4.69, 9.17) is 5.73 Å². The first-order chi connectivity index (χ1) is 9.30. The first kappa shape index (κ1) is 14.4. The van der Waals surface area contributed by atoms with Crippen LogP contribution in [0.5, 0.6) is 0 Å². The second-order valence-electron chi connectivity index (χ2n) is 4.72. The van der Waals surface area contributed by atoms with Crippen LogP contribution in [0.3, 0.4) is 0 Å². The summed E-state index contributed by atoms with van der Waals surface area (Å²) in [6.07, 6.45) is 2.92. The number of nitrogens with two attached hydrogens (primary N) is 1. The maximum absolute atomic E-state index is 11.6. The standard InChI is InChI=1S/C13H18N4O2S/c1-9-10(8-16-17(9)2)7-15-11-5-4-6-12(13(11)14)20(3,18)19/h4-6,8,15H,7,14H2,1-3H3. The van der Waals surface area contributed by atoms with Crippen molar-refractivity contribution in [1.82, 2.24) is 9.78 Å². The van der Waals surface area contributed by atoms with Crippen LogP contribution in [-0.2, 0) is 23.4 Å². The molecule has 7 heteroatoms. The Morgan fingerprint density at radius 2 is 2.10 bits per heavy atom. The van der Waals surface area contributed by atoms with Gasteiger partial charge in [-0.2, -0.15) is 5.10 Å². The molecule has 0 aliphatic heterocycles. The van der Waals surface area contributed by atoms with Gasteiger partial charge >= 0.3 is 0 Å². The van der Waals surface area contributed by atoms with Crippen LogP contribution < -0.4 is 11.1 Å². The van der Waals surface area contributed by atoms with Crippen molar-refractivity contribution in [2.45, 2.75) is 18.4 Å². The van der Waals surface area contributed by atoms with Crippen LogP contribution in [0.25, 0.3) is 0 Å². The summed E-state index contributed by atoms with van der Waals surface area (Å²) in [5.74, 6) is 0. The predicted molar refractivity (Wildman–Crippen MR) is 79.2 cm³/mol. The normalized spacial score (nSPS) is 11.6. The lowest BCUT2D eigenvalue weighted by Crippen LogP contribution is -2.08. The van der Waals surface area contributed by atoms with Crippen LogP contribution >= 0.6 is 0 Å². The number of benzene rings is 1. The average molecular weight is 294 g/mol. The molecule has 108 valence electrons. The zero-order valence-electron chi connectivity index (χ0n) is 11.7. The number of aryl methyl sites for hydroxylation is 1. The average Bonchev–Trinajstić information content (AvgIpc) is 2.67. The molecule has 0 aliphatic rings. The molecule has 0 fully saturated rings. The second-order valence-corrected chi connectivity index (χ2v) is 6.71. The molecule has 20 heavy (non-hydrogen) atoms. The van der Waals surface area contributed by atoms with Gasteiger partial charge in [-0.1, -0.05) is 6.07 Å². The third-order valence-corrected chi connectivity index (χ3v) is 4.43. The minimum atomic E-state index is -3.32. The van der Waals surface area contributed by atoms with Crippen molar-refractivity contribution < 1.29 is 8.42 Å². The topological polar surface area (TPSA) is 90.0 Å². The number of hydrogen-bond donors (Lipinski definition) is 2. The fourth-order valence-electron chi connectivity index (χ4n) is 1.93. The summed E-state index contributed by atoms with van der Waals surface area (Å²) >= 11 is 0. The Morgan fingerprint density at radius 3 is 2.65 bits per heavy atom. The third kappa shape index (κ3) is 2.77. The summed E-state index contributed by atoms with van der Waals surface area (Å²) in [4.78, 5) is 0.144. The van der Waals surface area contributed by atoms with Crippen LogP contribution in [-0.4, -0.2) is 24.5 Å². The van der Waals surface area contributed by atoms with E-state index in [0.29, 0.717) is 12.2 Å². The summed E-state index contributed by atoms with van der Waals surface area (Å²) < 4.78 is 25.0. The highest BCUT2D eigenvalue weighted by molar-refractivity contribution is 7.90. The molecule has 0 radical (unpaired) electrons. The van der Waals surface area contributed by atoms with Crippen molar-refractivity contribution in [1.29, 1.82) is 0 Å². The van der Waals surface area contributed by atoms with E-state index in [-0.39, 0.29) is 10.6 Å². The number of para-hydroxylation sites is 1.